The summed E-state index contributed by atoms with van der Waals surface area (Å²) in [4.78, 5) is 21.0. The summed E-state index contributed by atoms with van der Waals surface area (Å²) in [6.45, 7) is 5.51. The number of pyridine rings is 1. The van der Waals surface area contributed by atoms with Crippen molar-refractivity contribution >= 4 is 17.4 Å². The maximum atomic E-state index is 12.7. The lowest BCUT2D eigenvalue weighted by molar-refractivity contribution is 0.0723. The van der Waals surface area contributed by atoms with Gasteiger partial charge in [-0.3, -0.25) is 9.69 Å². The van der Waals surface area contributed by atoms with Crippen molar-refractivity contribution in [2.75, 3.05) is 24.7 Å². The number of fused-ring (bicyclic) bond motifs is 1. The second-order valence-corrected chi connectivity index (χ2v) is 7.71. The highest BCUT2D eigenvalue weighted by atomic mass is 16.5. The molecule has 0 spiro atoms. The van der Waals surface area contributed by atoms with E-state index < -0.39 is 5.60 Å². The predicted molar refractivity (Wildman–Crippen MR) is 103 cm³/mol. The molecule has 0 radical (unpaired) electrons. The van der Waals surface area contributed by atoms with Gasteiger partial charge in [-0.25, -0.2) is 4.98 Å². The van der Waals surface area contributed by atoms with E-state index in [4.69, 9.17) is 4.74 Å². The Labute approximate surface area is 159 Å². The van der Waals surface area contributed by atoms with Crippen molar-refractivity contribution in [2.24, 2.45) is 0 Å². The molecule has 1 amide bonds. The third kappa shape index (κ3) is 3.49. The molecular formula is C21H25N3O3. The fourth-order valence-corrected chi connectivity index (χ4v) is 3.58. The number of likely N-dealkylation sites (tertiary alicyclic amines) is 1. The number of aromatic nitrogens is 1. The Morgan fingerprint density at radius 2 is 1.85 bits per heavy atom. The van der Waals surface area contributed by atoms with E-state index in [0.717, 1.165) is 37.2 Å². The number of rotatable bonds is 3. The van der Waals surface area contributed by atoms with Gasteiger partial charge >= 0.3 is 0 Å². The standard InChI is InChI=1S/C21H25N3O3/c1-21(2,26)16-6-8-17(9-7-16)24-14-27-18-12-15(13-22-19(18)24)20(25)23-10-4-3-5-11-23/h6-9,12-13,26H,3-5,10-11,14H2,1-2H3. The molecule has 1 aromatic heterocycles. The fourth-order valence-electron chi connectivity index (χ4n) is 3.58. The number of amides is 1. The molecule has 0 bridgehead atoms. The first kappa shape index (κ1) is 17.8. The summed E-state index contributed by atoms with van der Waals surface area (Å²) >= 11 is 0. The van der Waals surface area contributed by atoms with Crippen LogP contribution >= 0.6 is 0 Å². The highest BCUT2D eigenvalue weighted by Crippen LogP contribution is 2.38. The monoisotopic (exact) mass is 367 g/mol. The molecule has 27 heavy (non-hydrogen) atoms. The Bertz CT molecular complexity index is 837. The van der Waals surface area contributed by atoms with Crippen LogP contribution in [0.4, 0.5) is 11.5 Å². The number of nitrogens with zero attached hydrogens (tertiary/aromatic N) is 3. The topological polar surface area (TPSA) is 65.9 Å². The Morgan fingerprint density at radius 3 is 2.52 bits per heavy atom. The minimum absolute atomic E-state index is 0.0292. The van der Waals surface area contributed by atoms with Gasteiger partial charge in [0.1, 0.15) is 0 Å². The van der Waals surface area contributed by atoms with E-state index in [9.17, 15) is 9.90 Å². The second-order valence-electron chi connectivity index (χ2n) is 7.71. The molecule has 2 aliphatic rings. The van der Waals surface area contributed by atoms with Gasteiger partial charge in [0.15, 0.2) is 18.3 Å². The Balaban J connectivity index is 1.55. The number of ether oxygens (including phenoxy) is 1. The molecule has 0 aliphatic carbocycles. The molecule has 2 aliphatic heterocycles. The van der Waals surface area contributed by atoms with E-state index in [2.05, 4.69) is 4.98 Å². The molecular weight excluding hydrogens is 342 g/mol. The van der Waals surface area contributed by atoms with E-state index in [1.54, 1.807) is 26.1 Å². The highest BCUT2D eigenvalue weighted by Gasteiger charge is 2.27. The van der Waals surface area contributed by atoms with Crippen LogP contribution in [0.15, 0.2) is 36.5 Å². The number of carbonyl (C=O) groups excluding carboxylic acids is 1. The molecule has 1 fully saturated rings. The van der Waals surface area contributed by atoms with Crippen LogP contribution in [0.5, 0.6) is 5.75 Å². The van der Waals surface area contributed by atoms with E-state index in [1.807, 2.05) is 34.1 Å². The number of hydrogen-bond donors (Lipinski definition) is 1. The van der Waals surface area contributed by atoms with Gasteiger partial charge in [-0.15, -0.1) is 0 Å². The fraction of sp³-hybridized carbons (Fsp3) is 0.429. The molecule has 1 N–H and O–H groups in total. The van der Waals surface area contributed by atoms with Crippen molar-refractivity contribution in [1.82, 2.24) is 9.88 Å². The number of hydrogen-bond acceptors (Lipinski definition) is 5. The van der Waals surface area contributed by atoms with Crippen LogP contribution in [0.1, 0.15) is 49.0 Å². The van der Waals surface area contributed by atoms with Crippen molar-refractivity contribution in [3.63, 3.8) is 0 Å². The Morgan fingerprint density at radius 1 is 1.15 bits per heavy atom. The lowest BCUT2D eigenvalue weighted by Gasteiger charge is -2.26. The van der Waals surface area contributed by atoms with Gasteiger partial charge in [-0.1, -0.05) is 12.1 Å². The van der Waals surface area contributed by atoms with Gasteiger partial charge < -0.3 is 14.7 Å². The second kappa shape index (κ2) is 6.85. The summed E-state index contributed by atoms with van der Waals surface area (Å²) in [6.07, 6.45) is 4.96. The largest absolute Gasteiger partial charge is 0.469 e. The molecule has 1 saturated heterocycles. The highest BCUT2D eigenvalue weighted by molar-refractivity contribution is 5.95. The van der Waals surface area contributed by atoms with Gasteiger partial charge in [0.05, 0.1) is 11.2 Å². The summed E-state index contributed by atoms with van der Waals surface area (Å²) in [6, 6.07) is 9.49. The molecule has 4 rings (SSSR count). The summed E-state index contributed by atoms with van der Waals surface area (Å²) in [5, 5.41) is 10.1. The normalized spacial score (nSPS) is 16.9. The summed E-state index contributed by atoms with van der Waals surface area (Å²) < 4.78 is 5.78. The van der Waals surface area contributed by atoms with Gasteiger partial charge in [-0.05, 0) is 56.9 Å². The number of piperidine rings is 1. The first-order chi connectivity index (χ1) is 12.9. The minimum Gasteiger partial charge on any atom is -0.469 e. The van der Waals surface area contributed by atoms with E-state index in [0.29, 0.717) is 23.9 Å². The SMILES string of the molecule is CC(C)(O)c1ccc(N2COc3cc(C(=O)N4CCCCC4)cnc32)cc1. The quantitative estimate of drug-likeness (QED) is 0.900. The van der Waals surface area contributed by atoms with Crippen molar-refractivity contribution < 1.29 is 14.6 Å². The van der Waals surface area contributed by atoms with Crippen LogP contribution < -0.4 is 9.64 Å². The van der Waals surface area contributed by atoms with Crippen molar-refractivity contribution in [3.05, 3.63) is 47.7 Å². The zero-order chi connectivity index (χ0) is 19.0. The Kier molecular flexibility index (Phi) is 4.52. The van der Waals surface area contributed by atoms with Crippen LogP contribution in [0.25, 0.3) is 0 Å². The number of carbonyl (C=O) groups is 1. The first-order valence-corrected chi connectivity index (χ1v) is 9.46. The number of benzene rings is 1. The summed E-state index contributed by atoms with van der Waals surface area (Å²) in [5.74, 6) is 1.37. The van der Waals surface area contributed by atoms with Gasteiger partial charge in [0.2, 0.25) is 0 Å². The minimum atomic E-state index is -0.875. The van der Waals surface area contributed by atoms with Crippen molar-refractivity contribution in [1.29, 1.82) is 0 Å². The summed E-state index contributed by atoms with van der Waals surface area (Å²) in [7, 11) is 0. The molecule has 3 heterocycles. The molecule has 2 aromatic rings. The van der Waals surface area contributed by atoms with Crippen LogP contribution in [0, 0.1) is 0 Å². The molecule has 0 atom stereocenters. The average Bonchev–Trinajstić information content (AvgIpc) is 3.10. The maximum Gasteiger partial charge on any atom is 0.255 e. The first-order valence-electron chi connectivity index (χ1n) is 9.46. The predicted octanol–water partition coefficient (Wildman–Crippen LogP) is 3.42. The number of aliphatic hydroxyl groups is 1. The molecule has 6 nitrogen and oxygen atoms in total. The molecule has 142 valence electrons. The lowest BCUT2D eigenvalue weighted by atomic mass is 9.98. The molecule has 1 aromatic carbocycles. The smallest absolute Gasteiger partial charge is 0.255 e. The van der Waals surface area contributed by atoms with E-state index >= 15 is 0 Å². The zero-order valence-electron chi connectivity index (χ0n) is 15.8. The third-order valence-corrected chi connectivity index (χ3v) is 5.21. The maximum absolute atomic E-state index is 12.7. The van der Waals surface area contributed by atoms with Crippen LogP contribution in [-0.2, 0) is 5.60 Å². The van der Waals surface area contributed by atoms with Crippen molar-refractivity contribution in [3.8, 4) is 5.75 Å². The molecule has 6 heteroatoms. The van der Waals surface area contributed by atoms with Crippen LogP contribution in [0.2, 0.25) is 0 Å². The van der Waals surface area contributed by atoms with Gasteiger partial charge in [0, 0.05) is 25.0 Å². The molecule has 0 saturated carbocycles. The van der Waals surface area contributed by atoms with Gasteiger partial charge in [-0.2, -0.15) is 0 Å². The van der Waals surface area contributed by atoms with Crippen LogP contribution in [0.3, 0.4) is 0 Å². The Hall–Kier alpha value is -2.60. The molecule has 0 unspecified atom stereocenters. The van der Waals surface area contributed by atoms with E-state index in [1.165, 1.54) is 6.42 Å². The number of anilines is 2. The van der Waals surface area contributed by atoms with Crippen molar-refractivity contribution in [2.45, 2.75) is 38.7 Å². The third-order valence-electron chi connectivity index (χ3n) is 5.21. The van der Waals surface area contributed by atoms with Gasteiger partial charge in [0.25, 0.3) is 5.91 Å². The summed E-state index contributed by atoms with van der Waals surface area (Å²) in [5.41, 5.74) is 1.49. The van der Waals surface area contributed by atoms with Crippen LogP contribution in [-0.4, -0.2) is 40.7 Å². The van der Waals surface area contributed by atoms with E-state index in [-0.39, 0.29) is 5.91 Å². The lowest BCUT2D eigenvalue weighted by Crippen LogP contribution is -2.35. The average molecular weight is 367 g/mol. The zero-order valence-corrected chi connectivity index (χ0v) is 15.8.